The molecule has 6 nitrogen and oxygen atoms in total. The summed E-state index contributed by atoms with van der Waals surface area (Å²) in [6, 6.07) is 4.92. The maximum atomic E-state index is 11.3. The first-order valence-electron chi connectivity index (χ1n) is 7.35. The second kappa shape index (κ2) is 6.87. The van der Waals surface area contributed by atoms with E-state index in [0.29, 0.717) is 17.2 Å². The van der Waals surface area contributed by atoms with E-state index in [2.05, 4.69) is 0 Å². The number of rotatable bonds is 5. The van der Waals surface area contributed by atoms with Crippen molar-refractivity contribution >= 4 is 11.4 Å². The summed E-state index contributed by atoms with van der Waals surface area (Å²) in [5.74, 6) is 0.375. The Morgan fingerprint density at radius 1 is 1.52 bits per heavy atom. The molecule has 1 aliphatic heterocycles. The Balaban J connectivity index is 2.27. The Bertz CT molecular complexity index is 502. The number of nitrogens with zero attached hydrogens (tertiary/aromatic N) is 2. The molecule has 6 heteroatoms. The van der Waals surface area contributed by atoms with Gasteiger partial charge in [0.25, 0.3) is 5.69 Å². The maximum absolute atomic E-state index is 11.3. The van der Waals surface area contributed by atoms with Crippen LogP contribution in [0, 0.1) is 16.0 Å². The monoisotopic (exact) mass is 294 g/mol. The maximum Gasteiger partial charge on any atom is 0.292 e. The van der Waals surface area contributed by atoms with Crippen LogP contribution in [-0.2, 0) is 0 Å². The van der Waals surface area contributed by atoms with Gasteiger partial charge in [0.2, 0.25) is 0 Å². The van der Waals surface area contributed by atoms with Gasteiger partial charge in [0.05, 0.1) is 11.0 Å². The zero-order chi connectivity index (χ0) is 15.4. The fraction of sp³-hybridized carbons (Fsp3) is 0.600. The lowest BCUT2D eigenvalue weighted by Crippen LogP contribution is -2.36. The average molecular weight is 294 g/mol. The van der Waals surface area contributed by atoms with Gasteiger partial charge >= 0.3 is 0 Å². The SMILES string of the molecule is C[C@H](O)c1ccc(N2CCCC(CCO)C2)c([N+](=O)[O-])c1. The molecule has 1 aromatic carbocycles. The van der Waals surface area contributed by atoms with E-state index in [4.69, 9.17) is 5.11 Å². The Labute approximate surface area is 124 Å². The standard InChI is InChI=1S/C15H22N2O4/c1-11(19)13-4-5-14(15(9-13)17(20)21)16-7-2-3-12(10-16)6-8-18/h4-5,9,11-12,18-19H,2-3,6-8,10H2,1H3/t11-,12?/m0/s1. The van der Waals surface area contributed by atoms with Crippen molar-refractivity contribution in [3.05, 3.63) is 33.9 Å². The number of benzene rings is 1. The molecule has 0 spiro atoms. The second-order valence-electron chi connectivity index (χ2n) is 5.65. The van der Waals surface area contributed by atoms with Crippen LogP contribution in [0.1, 0.15) is 37.9 Å². The van der Waals surface area contributed by atoms with Crippen molar-refractivity contribution in [1.82, 2.24) is 0 Å². The molecule has 0 aromatic heterocycles. The molecule has 2 atom stereocenters. The molecule has 1 heterocycles. The Morgan fingerprint density at radius 3 is 2.90 bits per heavy atom. The van der Waals surface area contributed by atoms with Crippen molar-refractivity contribution in [2.24, 2.45) is 5.92 Å². The highest BCUT2D eigenvalue weighted by Crippen LogP contribution is 2.34. The number of hydrogen-bond donors (Lipinski definition) is 2. The first kappa shape index (κ1) is 15.7. The van der Waals surface area contributed by atoms with Gasteiger partial charge in [0, 0.05) is 25.8 Å². The average Bonchev–Trinajstić information content (AvgIpc) is 2.47. The van der Waals surface area contributed by atoms with Crippen molar-refractivity contribution < 1.29 is 15.1 Å². The lowest BCUT2D eigenvalue weighted by Gasteiger charge is -2.34. The summed E-state index contributed by atoms with van der Waals surface area (Å²) in [6.45, 7) is 3.27. The zero-order valence-electron chi connectivity index (χ0n) is 12.2. The zero-order valence-corrected chi connectivity index (χ0v) is 12.2. The van der Waals surface area contributed by atoms with Gasteiger partial charge in [-0.1, -0.05) is 6.07 Å². The van der Waals surface area contributed by atoms with E-state index in [0.717, 1.165) is 32.4 Å². The second-order valence-corrected chi connectivity index (χ2v) is 5.65. The Morgan fingerprint density at radius 2 is 2.29 bits per heavy atom. The molecule has 0 radical (unpaired) electrons. The van der Waals surface area contributed by atoms with Crippen molar-refractivity contribution in [3.63, 3.8) is 0 Å². The Hall–Kier alpha value is -1.66. The van der Waals surface area contributed by atoms with Crippen LogP contribution >= 0.6 is 0 Å². The largest absolute Gasteiger partial charge is 0.396 e. The minimum Gasteiger partial charge on any atom is -0.396 e. The quantitative estimate of drug-likeness (QED) is 0.642. The number of hydrogen-bond acceptors (Lipinski definition) is 5. The minimum absolute atomic E-state index is 0.0399. The lowest BCUT2D eigenvalue weighted by molar-refractivity contribution is -0.384. The topological polar surface area (TPSA) is 86.8 Å². The first-order valence-corrected chi connectivity index (χ1v) is 7.35. The van der Waals surface area contributed by atoms with Gasteiger partial charge in [-0.2, -0.15) is 0 Å². The van der Waals surface area contributed by atoms with E-state index >= 15 is 0 Å². The van der Waals surface area contributed by atoms with Crippen LogP contribution in [0.4, 0.5) is 11.4 Å². The highest BCUT2D eigenvalue weighted by Gasteiger charge is 2.26. The van der Waals surface area contributed by atoms with Crippen molar-refractivity contribution in [2.45, 2.75) is 32.3 Å². The molecule has 2 N–H and O–H groups in total. The predicted molar refractivity (Wildman–Crippen MR) is 80.4 cm³/mol. The highest BCUT2D eigenvalue weighted by atomic mass is 16.6. The van der Waals surface area contributed by atoms with E-state index in [1.807, 2.05) is 4.90 Å². The molecule has 0 bridgehead atoms. The third kappa shape index (κ3) is 3.71. The number of aliphatic hydroxyl groups excluding tert-OH is 2. The van der Waals surface area contributed by atoms with Crippen molar-refractivity contribution in [3.8, 4) is 0 Å². The van der Waals surface area contributed by atoms with Crippen LogP contribution in [0.3, 0.4) is 0 Å². The molecular formula is C15H22N2O4. The normalized spacial score (nSPS) is 20.3. The van der Waals surface area contributed by atoms with E-state index in [1.165, 1.54) is 6.07 Å². The molecule has 1 aromatic rings. The van der Waals surface area contributed by atoms with Crippen LogP contribution < -0.4 is 4.90 Å². The smallest absolute Gasteiger partial charge is 0.292 e. The molecule has 116 valence electrons. The third-order valence-corrected chi connectivity index (χ3v) is 4.08. The van der Waals surface area contributed by atoms with Gasteiger partial charge in [0.15, 0.2) is 0 Å². The van der Waals surface area contributed by atoms with E-state index < -0.39 is 11.0 Å². The molecule has 0 aliphatic carbocycles. The number of nitro benzene ring substituents is 1. The molecule has 1 fully saturated rings. The Kier molecular flexibility index (Phi) is 5.14. The molecule has 1 aliphatic rings. The van der Waals surface area contributed by atoms with Crippen LogP contribution in [0.2, 0.25) is 0 Å². The fourth-order valence-corrected chi connectivity index (χ4v) is 2.92. The van der Waals surface area contributed by atoms with Gasteiger partial charge in [-0.15, -0.1) is 0 Å². The molecule has 0 saturated carbocycles. The summed E-state index contributed by atoms with van der Waals surface area (Å²) in [4.78, 5) is 12.9. The summed E-state index contributed by atoms with van der Waals surface area (Å²) in [6.07, 6.45) is 2.04. The first-order chi connectivity index (χ1) is 10.0. The van der Waals surface area contributed by atoms with Gasteiger partial charge < -0.3 is 15.1 Å². The molecular weight excluding hydrogens is 272 g/mol. The van der Waals surface area contributed by atoms with E-state index in [9.17, 15) is 15.2 Å². The minimum atomic E-state index is -0.721. The fourth-order valence-electron chi connectivity index (χ4n) is 2.92. The number of nitro groups is 1. The van der Waals surface area contributed by atoms with Crippen LogP contribution in [0.15, 0.2) is 18.2 Å². The summed E-state index contributed by atoms with van der Waals surface area (Å²) in [7, 11) is 0. The summed E-state index contributed by atoms with van der Waals surface area (Å²) in [5.41, 5.74) is 1.19. The molecule has 1 unspecified atom stereocenters. The van der Waals surface area contributed by atoms with Gasteiger partial charge in [0.1, 0.15) is 5.69 Å². The van der Waals surface area contributed by atoms with Crippen LogP contribution in [0.25, 0.3) is 0 Å². The summed E-state index contributed by atoms with van der Waals surface area (Å²) < 4.78 is 0. The number of anilines is 1. The van der Waals surface area contributed by atoms with Crippen LogP contribution in [0.5, 0.6) is 0 Å². The third-order valence-electron chi connectivity index (χ3n) is 4.08. The van der Waals surface area contributed by atoms with Crippen LogP contribution in [-0.4, -0.2) is 34.8 Å². The van der Waals surface area contributed by atoms with E-state index in [-0.39, 0.29) is 12.3 Å². The van der Waals surface area contributed by atoms with Crippen molar-refractivity contribution in [1.29, 1.82) is 0 Å². The number of aliphatic hydroxyl groups is 2. The van der Waals surface area contributed by atoms with Gasteiger partial charge in [-0.05, 0) is 43.7 Å². The lowest BCUT2D eigenvalue weighted by atomic mass is 9.94. The summed E-state index contributed by atoms with van der Waals surface area (Å²) >= 11 is 0. The molecule has 21 heavy (non-hydrogen) atoms. The van der Waals surface area contributed by atoms with E-state index in [1.54, 1.807) is 19.1 Å². The summed E-state index contributed by atoms with van der Waals surface area (Å²) in [5, 5.41) is 29.9. The van der Waals surface area contributed by atoms with Gasteiger partial charge in [-0.25, -0.2) is 0 Å². The molecule has 1 saturated heterocycles. The van der Waals surface area contributed by atoms with Gasteiger partial charge in [-0.3, -0.25) is 10.1 Å². The molecule has 2 rings (SSSR count). The van der Waals surface area contributed by atoms with Crippen molar-refractivity contribution in [2.75, 3.05) is 24.6 Å². The number of piperidine rings is 1. The predicted octanol–water partition coefficient (Wildman–Crippen LogP) is 2.25. The molecule has 0 amide bonds. The highest BCUT2D eigenvalue weighted by molar-refractivity contribution is 5.64.